The van der Waals surface area contributed by atoms with Crippen molar-refractivity contribution in [3.8, 4) is 0 Å². The Labute approximate surface area is 98.9 Å². The van der Waals surface area contributed by atoms with Crippen molar-refractivity contribution in [2.24, 2.45) is 5.92 Å². The lowest BCUT2D eigenvalue weighted by Crippen LogP contribution is -2.35. The van der Waals surface area contributed by atoms with Crippen LogP contribution in [0.25, 0.3) is 0 Å². The van der Waals surface area contributed by atoms with Crippen molar-refractivity contribution in [2.75, 3.05) is 26.8 Å². The van der Waals surface area contributed by atoms with Gasteiger partial charge in [0, 0.05) is 13.7 Å². The van der Waals surface area contributed by atoms with Gasteiger partial charge in [0.1, 0.15) is 0 Å². The van der Waals surface area contributed by atoms with Crippen molar-refractivity contribution in [3.05, 3.63) is 0 Å². The summed E-state index contributed by atoms with van der Waals surface area (Å²) in [7, 11) is 1.82. The van der Waals surface area contributed by atoms with Crippen molar-refractivity contribution >= 4 is 0 Å². The van der Waals surface area contributed by atoms with Crippen LogP contribution in [0.2, 0.25) is 0 Å². The lowest BCUT2D eigenvalue weighted by atomic mass is 9.94. The standard InChI is InChI=1S/C13H25NO2/c1-15-12-5-2-6-13(8-12)16-10-11-4-3-7-14-9-11/h11-14H,2-10H2,1H3. The maximum atomic E-state index is 6.03. The molecule has 0 radical (unpaired) electrons. The van der Waals surface area contributed by atoms with E-state index in [0.29, 0.717) is 12.2 Å². The number of nitrogens with one attached hydrogen (secondary N) is 1. The molecule has 1 aliphatic carbocycles. The quantitative estimate of drug-likeness (QED) is 0.796. The van der Waals surface area contributed by atoms with Crippen molar-refractivity contribution in [1.29, 1.82) is 0 Å². The molecule has 0 aromatic heterocycles. The van der Waals surface area contributed by atoms with Crippen LogP contribution in [0.15, 0.2) is 0 Å². The monoisotopic (exact) mass is 227 g/mol. The topological polar surface area (TPSA) is 30.5 Å². The fraction of sp³-hybridized carbons (Fsp3) is 1.00. The summed E-state index contributed by atoms with van der Waals surface area (Å²) in [5.41, 5.74) is 0. The van der Waals surface area contributed by atoms with Gasteiger partial charge in [-0.2, -0.15) is 0 Å². The molecule has 16 heavy (non-hydrogen) atoms. The first kappa shape index (κ1) is 12.3. The van der Waals surface area contributed by atoms with Crippen LogP contribution in [0.1, 0.15) is 38.5 Å². The largest absolute Gasteiger partial charge is 0.381 e. The summed E-state index contributed by atoms with van der Waals surface area (Å²) in [5.74, 6) is 0.733. The van der Waals surface area contributed by atoms with Crippen LogP contribution in [0.4, 0.5) is 0 Å². The first-order valence-electron chi connectivity index (χ1n) is 6.73. The van der Waals surface area contributed by atoms with E-state index < -0.39 is 0 Å². The molecule has 2 rings (SSSR count). The summed E-state index contributed by atoms with van der Waals surface area (Å²) in [6, 6.07) is 0. The second-order valence-corrected chi connectivity index (χ2v) is 5.19. The Morgan fingerprint density at radius 1 is 1.12 bits per heavy atom. The molecule has 1 N–H and O–H groups in total. The Balaban J connectivity index is 1.64. The number of methoxy groups -OCH3 is 1. The minimum absolute atomic E-state index is 0.434. The summed E-state index contributed by atoms with van der Waals surface area (Å²) >= 11 is 0. The van der Waals surface area contributed by atoms with E-state index >= 15 is 0 Å². The number of piperidine rings is 1. The smallest absolute Gasteiger partial charge is 0.0600 e. The maximum Gasteiger partial charge on any atom is 0.0600 e. The summed E-state index contributed by atoms with van der Waals surface area (Å²) in [4.78, 5) is 0. The zero-order chi connectivity index (χ0) is 11.2. The van der Waals surface area contributed by atoms with E-state index in [1.165, 1.54) is 38.6 Å². The van der Waals surface area contributed by atoms with E-state index in [-0.39, 0.29) is 0 Å². The summed E-state index contributed by atoms with van der Waals surface area (Å²) in [6.07, 6.45) is 8.29. The minimum Gasteiger partial charge on any atom is -0.381 e. The highest BCUT2D eigenvalue weighted by Crippen LogP contribution is 2.24. The molecule has 1 saturated heterocycles. The Morgan fingerprint density at radius 2 is 2.00 bits per heavy atom. The summed E-state index contributed by atoms with van der Waals surface area (Å²) in [5, 5.41) is 3.44. The van der Waals surface area contributed by atoms with Gasteiger partial charge in [-0.1, -0.05) is 0 Å². The molecule has 1 heterocycles. The second-order valence-electron chi connectivity index (χ2n) is 5.19. The van der Waals surface area contributed by atoms with Crippen LogP contribution in [-0.2, 0) is 9.47 Å². The van der Waals surface area contributed by atoms with Gasteiger partial charge in [-0.3, -0.25) is 0 Å². The van der Waals surface area contributed by atoms with Crippen LogP contribution in [0, 0.1) is 5.92 Å². The van der Waals surface area contributed by atoms with Gasteiger partial charge in [0.05, 0.1) is 18.8 Å². The molecule has 3 unspecified atom stereocenters. The third kappa shape index (κ3) is 3.72. The highest BCUT2D eigenvalue weighted by Gasteiger charge is 2.23. The molecule has 2 fully saturated rings. The van der Waals surface area contributed by atoms with Crippen LogP contribution < -0.4 is 5.32 Å². The highest BCUT2D eigenvalue weighted by molar-refractivity contribution is 4.75. The molecular weight excluding hydrogens is 202 g/mol. The maximum absolute atomic E-state index is 6.03. The molecule has 3 atom stereocenters. The molecular formula is C13H25NO2. The van der Waals surface area contributed by atoms with Gasteiger partial charge in [0.15, 0.2) is 0 Å². The Morgan fingerprint density at radius 3 is 2.75 bits per heavy atom. The van der Waals surface area contributed by atoms with Crippen molar-refractivity contribution in [1.82, 2.24) is 5.32 Å². The molecule has 2 aliphatic rings. The first-order chi connectivity index (χ1) is 7.88. The predicted molar refractivity (Wildman–Crippen MR) is 64.6 cm³/mol. The molecule has 0 amide bonds. The highest BCUT2D eigenvalue weighted by atomic mass is 16.5. The molecule has 3 heteroatoms. The molecule has 0 bridgehead atoms. The van der Waals surface area contributed by atoms with Crippen LogP contribution in [0.5, 0.6) is 0 Å². The van der Waals surface area contributed by atoms with Gasteiger partial charge >= 0.3 is 0 Å². The average molecular weight is 227 g/mol. The number of hydrogen-bond acceptors (Lipinski definition) is 3. The number of rotatable bonds is 4. The van der Waals surface area contributed by atoms with Gasteiger partial charge in [-0.05, 0) is 51.0 Å². The van der Waals surface area contributed by atoms with Gasteiger partial charge in [-0.15, -0.1) is 0 Å². The third-order valence-corrected chi connectivity index (χ3v) is 3.88. The molecule has 0 aromatic carbocycles. The average Bonchev–Trinajstić information content (AvgIpc) is 2.38. The summed E-state index contributed by atoms with van der Waals surface area (Å²) in [6.45, 7) is 3.26. The van der Waals surface area contributed by atoms with E-state index in [0.717, 1.165) is 25.5 Å². The second kappa shape index (κ2) is 6.58. The number of hydrogen-bond donors (Lipinski definition) is 1. The predicted octanol–water partition coefficient (Wildman–Crippen LogP) is 1.96. The summed E-state index contributed by atoms with van der Waals surface area (Å²) < 4.78 is 11.5. The third-order valence-electron chi connectivity index (χ3n) is 3.88. The zero-order valence-electron chi connectivity index (χ0n) is 10.4. The normalized spacial score (nSPS) is 36.2. The Bertz CT molecular complexity index is 192. The molecule has 1 saturated carbocycles. The minimum atomic E-state index is 0.434. The van der Waals surface area contributed by atoms with E-state index in [1.54, 1.807) is 0 Å². The fourth-order valence-corrected chi connectivity index (χ4v) is 2.81. The molecule has 94 valence electrons. The molecule has 1 aliphatic heterocycles. The van der Waals surface area contributed by atoms with Crippen molar-refractivity contribution in [3.63, 3.8) is 0 Å². The first-order valence-corrected chi connectivity index (χ1v) is 6.73. The Kier molecular flexibility index (Phi) is 5.07. The van der Waals surface area contributed by atoms with E-state index in [4.69, 9.17) is 9.47 Å². The lowest BCUT2D eigenvalue weighted by molar-refractivity contribution is -0.0418. The van der Waals surface area contributed by atoms with Crippen LogP contribution in [-0.4, -0.2) is 39.0 Å². The zero-order valence-corrected chi connectivity index (χ0v) is 10.4. The molecule has 0 aromatic rings. The van der Waals surface area contributed by atoms with Gasteiger partial charge in [0.25, 0.3) is 0 Å². The molecule has 3 nitrogen and oxygen atoms in total. The van der Waals surface area contributed by atoms with Crippen LogP contribution >= 0.6 is 0 Å². The van der Waals surface area contributed by atoms with Crippen LogP contribution in [0.3, 0.4) is 0 Å². The van der Waals surface area contributed by atoms with Gasteiger partial charge in [-0.25, -0.2) is 0 Å². The van der Waals surface area contributed by atoms with Gasteiger partial charge in [0.2, 0.25) is 0 Å². The van der Waals surface area contributed by atoms with E-state index in [1.807, 2.05) is 7.11 Å². The molecule has 0 spiro atoms. The van der Waals surface area contributed by atoms with Gasteiger partial charge < -0.3 is 14.8 Å². The van der Waals surface area contributed by atoms with E-state index in [9.17, 15) is 0 Å². The van der Waals surface area contributed by atoms with Crippen molar-refractivity contribution < 1.29 is 9.47 Å². The fourth-order valence-electron chi connectivity index (χ4n) is 2.81. The van der Waals surface area contributed by atoms with E-state index in [2.05, 4.69) is 5.32 Å². The SMILES string of the molecule is COC1CCCC(OCC2CCCNC2)C1. The van der Waals surface area contributed by atoms with Crippen molar-refractivity contribution in [2.45, 2.75) is 50.7 Å². The Hall–Kier alpha value is -0.120. The lowest BCUT2D eigenvalue weighted by Gasteiger charge is -2.30. The number of ether oxygens (including phenoxy) is 2.